The van der Waals surface area contributed by atoms with E-state index < -0.39 is 0 Å². The average Bonchev–Trinajstić information content (AvgIpc) is 2.98. The van der Waals surface area contributed by atoms with Crippen molar-refractivity contribution in [1.82, 2.24) is 0 Å². The summed E-state index contributed by atoms with van der Waals surface area (Å²) in [6.07, 6.45) is 7.01. The Hall–Kier alpha value is -1.36. The number of amidine groups is 1. The van der Waals surface area contributed by atoms with Crippen LogP contribution in [-0.4, -0.2) is 30.4 Å². The molecule has 0 saturated heterocycles. The Labute approximate surface area is 118 Å². The molecule has 1 aromatic carbocycles. The summed E-state index contributed by atoms with van der Waals surface area (Å²) in [5, 5.41) is 12.2. The summed E-state index contributed by atoms with van der Waals surface area (Å²) in [6.45, 7) is 0. The molecule has 3 N–H and O–H groups in total. The van der Waals surface area contributed by atoms with Crippen LogP contribution in [0.3, 0.4) is 0 Å². The van der Waals surface area contributed by atoms with Crippen molar-refractivity contribution >= 4 is 23.3 Å². The van der Waals surface area contributed by atoms with E-state index in [4.69, 9.17) is 10.9 Å². The molecule has 0 amide bonds. The molecule has 1 aliphatic carbocycles. The Bertz CT molecular complexity index is 470. The first-order chi connectivity index (χ1) is 9.19. The van der Waals surface area contributed by atoms with E-state index in [0.717, 1.165) is 16.1 Å². The monoisotopic (exact) mass is 279 g/mol. The predicted molar refractivity (Wildman–Crippen MR) is 81.4 cm³/mol. The van der Waals surface area contributed by atoms with Gasteiger partial charge in [-0.25, -0.2) is 0 Å². The average molecular weight is 279 g/mol. The maximum absolute atomic E-state index is 9.01. The Morgan fingerprint density at radius 2 is 2.11 bits per heavy atom. The van der Waals surface area contributed by atoms with Gasteiger partial charge in [-0.05, 0) is 31.2 Å². The Kier molecular flexibility index (Phi) is 4.58. The first-order valence-electron chi connectivity index (χ1n) is 6.56. The zero-order valence-corrected chi connectivity index (χ0v) is 12.3. The highest BCUT2D eigenvalue weighted by Crippen LogP contribution is 2.33. The van der Waals surface area contributed by atoms with Crippen molar-refractivity contribution in [1.29, 1.82) is 0 Å². The summed E-state index contributed by atoms with van der Waals surface area (Å²) < 4.78 is 0. The van der Waals surface area contributed by atoms with E-state index in [-0.39, 0.29) is 5.84 Å². The molecular weight excluding hydrogens is 258 g/mol. The molecule has 104 valence electrons. The van der Waals surface area contributed by atoms with Crippen LogP contribution in [0.4, 0.5) is 5.69 Å². The molecule has 2 rings (SSSR count). The fourth-order valence-electron chi connectivity index (χ4n) is 2.78. The molecular formula is C14H21N3OS. The van der Waals surface area contributed by atoms with Crippen LogP contribution in [0, 0.1) is 0 Å². The van der Waals surface area contributed by atoms with E-state index in [1.54, 1.807) is 11.8 Å². The molecule has 19 heavy (non-hydrogen) atoms. The van der Waals surface area contributed by atoms with Gasteiger partial charge in [0.25, 0.3) is 0 Å². The number of oxime groups is 1. The van der Waals surface area contributed by atoms with Crippen molar-refractivity contribution in [3.8, 4) is 0 Å². The number of rotatable bonds is 4. The first-order valence-corrected chi connectivity index (χ1v) is 7.79. The predicted octanol–water partition coefficient (Wildman–Crippen LogP) is 2.88. The molecule has 0 atom stereocenters. The SMILES string of the molecule is CSc1cccc(N(C)C2CCCC2)c1/C(N)=N/O. The lowest BCUT2D eigenvalue weighted by Crippen LogP contribution is -2.31. The molecule has 0 unspecified atom stereocenters. The van der Waals surface area contributed by atoms with Gasteiger partial charge in [-0.1, -0.05) is 24.1 Å². The Balaban J connectivity index is 2.43. The van der Waals surface area contributed by atoms with Gasteiger partial charge in [-0.15, -0.1) is 11.8 Å². The first kappa shape index (κ1) is 14.1. The summed E-state index contributed by atoms with van der Waals surface area (Å²) in [5.74, 6) is 0.185. The molecule has 5 heteroatoms. The third-order valence-electron chi connectivity index (χ3n) is 3.84. The van der Waals surface area contributed by atoms with Crippen LogP contribution in [0.25, 0.3) is 0 Å². The number of benzene rings is 1. The summed E-state index contributed by atoms with van der Waals surface area (Å²) in [7, 11) is 2.10. The molecule has 1 saturated carbocycles. The lowest BCUT2D eigenvalue weighted by molar-refractivity contribution is 0.318. The number of hydrogen-bond acceptors (Lipinski definition) is 4. The van der Waals surface area contributed by atoms with E-state index in [1.165, 1.54) is 25.7 Å². The number of anilines is 1. The van der Waals surface area contributed by atoms with Gasteiger partial charge >= 0.3 is 0 Å². The smallest absolute Gasteiger partial charge is 0.173 e. The Morgan fingerprint density at radius 1 is 1.42 bits per heavy atom. The Morgan fingerprint density at radius 3 is 2.68 bits per heavy atom. The number of nitrogens with two attached hydrogens (primary N) is 1. The van der Waals surface area contributed by atoms with Gasteiger partial charge in [-0.3, -0.25) is 0 Å². The second kappa shape index (κ2) is 6.19. The molecule has 1 aliphatic rings. The van der Waals surface area contributed by atoms with Gasteiger partial charge < -0.3 is 15.8 Å². The van der Waals surface area contributed by atoms with Crippen LogP contribution >= 0.6 is 11.8 Å². The standard InChI is InChI=1S/C14H21N3OS/c1-17(10-6-3-4-7-10)11-8-5-9-12(19-2)13(11)14(15)16-18/h5,8-10,18H,3-4,6-7H2,1-2H3,(H2,15,16). The highest BCUT2D eigenvalue weighted by Gasteiger charge is 2.23. The minimum atomic E-state index is 0.185. The van der Waals surface area contributed by atoms with E-state index in [0.29, 0.717) is 6.04 Å². The quantitative estimate of drug-likeness (QED) is 0.292. The highest BCUT2D eigenvalue weighted by molar-refractivity contribution is 7.98. The van der Waals surface area contributed by atoms with Crippen molar-refractivity contribution in [2.75, 3.05) is 18.2 Å². The molecule has 1 aromatic rings. The van der Waals surface area contributed by atoms with E-state index >= 15 is 0 Å². The largest absolute Gasteiger partial charge is 0.409 e. The zero-order valence-electron chi connectivity index (χ0n) is 11.5. The van der Waals surface area contributed by atoms with Crippen molar-refractivity contribution < 1.29 is 5.21 Å². The van der Waals surface area contributed by atoms with Crippen LogP contribution in [-0.2, 0) is 0 Å². The van der Waals surface area contributed by atoms with Crippen molar-refractivity contribution in [2.24, 2.45) is 10.9 Å². The van der Waals surface area contributed by atoms with Crippen LogP contribution in [0.15, 0.2) is 28.3 Å². The van der Waals surface area contributed by atoms with Crippen molar-refractivity contribution in [2.45, 2.75) is 36.6 Å². The van der Waals surface area contributed by atoms with Gasteiger partial charge in [0, 0.05) is 23.7 Å². The number of hydrogen-bond donors (Lipinski definition) is 2. The summed E-state index contributed by atoms with van der Waals surface area (Å²) in [6, 6.07) is 6.64. The van der Waals surface area contributed by atoms with Crippen molar-refractivity contribution in [3.05, 3.63) is 23.8 Å². The molecule has 0 aromatic heterocycles. The second-order valence-corrected chi connectivity index (χ2v) is 5.74. The highest BCUT2D eigenvalue weighted by atomic mass is 32.2. The lowest BCUT2D eigenvalue weighted by Gasteiger charge is -2.29. The molecule has 4 nitrogen and oxygen atoms in total. The summed E-state index contributed by atoms with van der Waals surface area (Å²) in [4.78, 5) is 3.32. The zero-order chi connectivity index (χ0) is 13.8. The summed E-state index contributed by atoms with van der Waals surface area (Å²) in [5.41, 5.74) is 7.76. The van der Waals surface area contributed by atoms with E-state index in [2.05, 4.69) is 17.1 Å². The molecule has 0 heterocycles. The fraction of sp³-hybridized carbons (Fsp3) is 0.500. The van der Waals surface area contributed by atoms with Gasteiger partial charge in [0.2, 0.25) is 0 Å². The maximum Gasteiger partial charge on any atom is 0.173 e. The molecule has 0 aliphatic heterocycles. The molecule has 0 radical (unpaired) electrons. The number of nitrogens with zero attached hydrogens (tertiary/aromatic N) is 2. The fourth-order valence-corrected chi connectivity index (χ4v) is 3.41. The third kappa shape index (κ3) is 2.81. The summed E-state index contributed by atoms with van der Waals surface area (Å²) >= 11 is 1.61. The van der Waals surface area contributed by atoms with Gasteiger partial charge in [0.15, 0.2) is 5.84 Å². The van der Waals surface area contributed by atoms with Gasteiger partial charge in [0.1, 0.15) is 0 Å². The van der Waals surface area contributed by atoms with Crippen LogP contribution < -0.4 is 10.6 Å². The van der Waals surface area contributed by atoms with Crippen molar-refractivity contribution in [3.63, 3.8) is 0 Å². The van der Waals surface area contributed by atoms with E-state index in [9.17, 15) is 0 Å². The lowest BCUT2D eigenvalue weighted by atomic mass is 10.1. The second-order valence-electron chi connectivity index (χ2n) is 4.89. The van der Waals surface area contributed by atoms with Gasteiger partial charge in [-0.2, -0.15) is 0 Å². The topological polar surface area (TPSA) is 61.8 Å². The third-order valence-corrected chi connectivity index (χ3v) is 4.62. The van der Waals surface area contributed by atoms with Gasteiger partial charge in [0.05, 0.1) is 5.56 Å². The molecule has 1 fully saturated rings. The number of thioether (sulfide) groups is 1. The van der Waals surface area contributed by atoms with Crippen LogP contribution in [0.1, 0.15) is 31.2 Å². The van der Waals surface area contributed by atoms with Crippen LogP contribution in [0.5, 0.6) is 0 Å². The normalized spacial score (nSPS) is 16.8. The molecule has 0 spiro atoms. The minimum Gasteiger partial charge on any atom is -0.409 e. The van der Waals surface area contributed by atoms with Crippen LogP contribution in [0.2, 0.25) is 0 Å². The molecule has 0 bridgehead atoms. The maximum atomic E-state index is 9.01. The van der Waals surface area contributed by atoms with E-state index in [1.807, 2.05) is 24.5 Å². The minimum absolute atomic E-state index is 0.185.